The highest BCUT2D eigenvalue weighted by atomic mass is 16.4. The number of hydrogen-bond donors (Lipinski definition) is 1. The van der Waals surface area contributed by atoms with Gasteiger partial charge in [-0.3, -0.25) is 4.79 Å². The summed E-state index contributed by atoms with van der Waals surface area (Å²) in [5.74, 6) is -1.24. The van der Waals surface area contributed by atoms with Gasteiger partial charge in [0.05, 0.1) is 0 Å². The summed E-state index contributed by atoms with van der Waals surface area (Å²) in [5, 5.41) is 9.06. The summed E-state index contributed by atoms with van der Waals surface area (Å²) in [7, 11) is 0. The van der Waals surface area contributed by atoms with Crippen molar-refractivity contribution in [3.8, 4) is 0 Å². The Kier molecular flexibility index (Phi) is 2.95. The number of aliphatic carboxylic acids is 1. The van der Waals surface area contributed by atoms with Crippen LogP contribution in [0.25, 0.3) is 0 Å². The first-order valence-corrected chi connectivity index (χ1v) is 5.35. The molecule has 1 saturated heterocycles. The van der Waals surface area contributed by atoms with Crippen molar-refractivity contribution >= 4 is 11.9 Å². The largest absolute Gasteiger partial charge is 0.480 e. The van der Waals surface area contributed by atoms with Crippen LogP contribution in [-0.2, 0) is 16.1 Å². The fraction of sp³-hybridized carbons (Fsp3) is 0.231. The molecule has 0 saturated carbocycles. The van der Waals surface area contributed by atoms with Crippen LogP contribution in [-0.4, -0.2) is 27.9 Å². The molecule has 1 heterocycles. The Hall–Kier alpha value is -2.10. The lowest BCUT2D eigenvalue weighted by Gasteiger charge is -2.21. The molecule has 17 heavy (non-hydrogen) atoms. The second kappa shape index (κ2) is 4.41. The summed E-state index contributed by atoms with van der Waals surface area (Å²) in [4.78, 5) is 24.2. The SMILES string of the molecule is C=C1C[C@H](C(=O)O)N(Cc2ccccc2)C1=O. The molecule has 0 spiro atoms. The number of carboxylic acid groups (broad SMARTS) is 1. The van der Waals surface area contributed by atoms with E-state index in [-0.39, 0.29) is 12.3 Å². The van der Waals surface area contributed by atoms with E-state index in [0.717, 1.165) is 5.56 Å². The van der Waals surface area contributed by atoms with Crippen molar-refractivity contribution in [3.05, 3.63) is 48.0 Å². The Morgan fingerprint density at radius 3 is 2.65 bits per heavy atom. The third-order valence-electron chi connectivity index (χ3n) is 2.86. The fourth-order valence-corrected chi connectivity index (χ4v) is 1.96. The number of nitrogens with zero attached hydrogens (tertiary/aromatic N) is 1. The van der Waals surface area contributed by atoms with Gasteiger partial charge in [-0.2, -0.15) is 0 Å². The van der Waals surface area contributed by atoms with E-state index in [9.17, 15) is 9.59 Å². The maximum Gasteiger partial charge on any atom is 0.326 e. The Balaban J connectivity index is 2.21. The van der Waals surface area contributed by atoms with Gasteiger partial charge in [0.25, 0.3) is 0 Å². The second-order valence-electron chi connectivity index (χ2n) is 4.08. The molecule has 1 amide bonds. The van der Waals surface area contributed by atoms with Gasteiger partial charge in [-0.25, -0.2) is 4.79 Å². The van der Waals surface area contributed by atoms with Crippen LogP contribution in [0.3, 0.4) is 0 Å². The number of benzene rings is 1. The van der Waals surface area contributed by atoms with E-state index in [0.29, 0.717) is 12.1 Å². The number of carbonyl (C=O) groups excluding carboxylic acids is 1. The number of hydrogen-bond acceptors (Lipinski definition) is 2. The highest BCUT2D eigenvalue weighted by molar-refractivity contribution is 5.99. The van der Waals surface area contributed by atoms with Crippen molar-refractivity contribution in [3.63, 3.8) is 0 Å². The minimum absolute atomic E-state index is 0.209. The summed E-state index contributed by atoms with van der Waals surface area (Å²) in [5.41, 5.74) is 1.29. The number of likely N-dealkylation sites (tertiary alicyclic amines) is 1. The maximum absolute atomic E-state index is 11.8. The van der Waals surface area contributed by atoms with Crippen LogP contribution in [0.5, 0.6) is 0 Å². The number of rotatable bonds is 3. The molecule has 0 unspecified atom stereocenters. The summed E-state index contributed by atoms with van der Waals surface area (Å²) >= 11 is 0. The summed E-state index contributed by atoms with van der Waals surface area (Å²) in [6, 6.07) is 8.56. The highest BCUT2D eigenvalue weighted by Gasteiger charge is 2.38. The number of carboxylic acids is 1. The van der Waals surface area contributed by atoms with E-state index >= 15 is 0 Å². The van der Waals surface area contributed by atoms with Gasteiger partial charge in [0.2, 0.25) is 5.91 Å². The molecule has 1 fully saturated rings. The predicted octanol–water partition coefficient (Wildman–Crippen LogP) is 1.43. The molecule has 2 rings (SSSR count). The molecule has 1 aromatic rings. The smallest absolute Gasteiger partial charge is 0.326 e. The summed E-state index contributed by atoms with van der Waals surface area (Å²) in [6.45, 7) is 3.92. The van der Waals surface area contributed by atoms with Crippen LogP contribution in [0.4, 0.5) is 0 Å². The van der Waals surface area contributed by atoms with Crippen molar-refractivity contribution in [2.45, 2.75) is 19.0 Å². The monoisotopic (exact) mass is 231 g/mol. The highest BCUT2D eigenvalue weighted by Crippen LogP contribution is 2.24. The topological polar surface area (TPSA) is 57.6 Å². The van der Waals surface area contributed by atoms with Gasteiger partial charge in [0.15, 0.2) is 0 Å². The zero-order valence-electron chi connectivity index (χ0n) is 9.30. The van der Waals surface area contributed by atoms with Gasteiger partial charge in [0, 0.05) is 18.5 Å². The summed E-state index contributed by atoms with van der Waals surface area (Å²) in [6.07, 6.45) is 0.209. The lowest BCUT2D eigenvalue weighted by molar-refractivity contribution is -0.146. The van der Waals surface area contributed by atoms with E-state index in [4.69, 9.17) is 5.11 Å². The van der Waals surface area contributed by atoms with Crippen LogP contribution < -0.4 is 0 Å². The zero-order chi connectivity index (χ0) is 12.4. The first-order chi connectivity index (χ1) is 8.09. The van der Waals surface area contributed by atoms with Crippen LogP contribution in [0.1, 0.15) is 12.0 Å². The standard InChI is InChI=1S/C13H13NO3/c1-9-7-11(13(16)17)14(12(9)15)8-10-5-3-2-4-6-10/h2-6,11H,1,7-8H2,(H,16,17)/t11-/m1/s1. The Bertz CT molecular complexity index is 467. The normalized spacial score (nSPS) is 19.8. The second-order valence-corrected chi connectivity index (χ2v) is 4.08. The average molecular weight is 231 g/mol. The van der Waals surface area contributed by atoms with Crippen molar-refractivity contribution in [1.29, 1.82) is 0 Å². The molecule has 1 N–H and O–H groups in total. The van der Waals surface area contributed by atoms with Crippen LogP contribution in [0, 0.1) is 0 Å². The van der Waals surface area contributed by atoms with Crippen molar-refractivity contribution in [2.75, 3.05) is 0 Å². The molecular formula is C13H13NO3. The fourth-order valence-electron chi connectivity index (χ4n) is 1.96. The van der Waals surface area contributed by atoms with Gasteiger partial charge in [0.1, 0.15) is 6.04 Å². The first-order valence-electron chi connectivity index (χ1n) is 5.35. The molecule has 1 aromatic carbocycles. The van der Waals surface area contributed by atoms with Gasteiger partial charge in [-0.1, -0.05) is 36.9 Å². The van der Waals surface area contributed by atoms with E-state index in [1.54, 1.807) is 0 Å². The van der Waals surface area contributed by atoms with Gasteiger partial charge >= 0.3 is 5.97 Å². The first kappa shape index (κ1) is 11.4. The Labute approximate surface area is 99.2 Å². The third kappa shape index (κ3) is 2.20. The molecule has 88 valence electrons. The molecule has 4 heteroatoms. The Morgan fingerprint density at radius 1 is 1.41 bits per heavy atom. The van der Waals surface area contributed by atoms with Crippen LogP contribution >= 0.6 is 0 Å². The van der Waals surface area contributed by atoms with Gasteiger partial charge in [-0.15, -0.1) is 0 Å². The zero-order valence-corrected chi connectivity index (χ0v) is 9.30. The molecular weight excluding hydrogens is 218 g/mol. The molecule has 0 aromatic heterocycles. The van der Waals surface area contributed by atoms with Crippen molar-refractivity contribution < 1.29 is 14.7 Å². The van der Waals surface area contributed by atoms with Gasteiger partial charge < -0.3 is 10.0 Å². The van der Waals surface area contributed by atoms with E-state index in [1.165, 1.54) is 4.90 Å². The number of amides is 1. The van der Waals surface area contributed by atoms with E-state index in [2.05, 4.69) is 6.58 Å². The van der Waals surface area contributed by atoms with Crippen LogP contribution in [0.2, 0.25) is 0 Å². The molecule has 4 nitrogen and oxygen atoms in total. The minimum Gasteiger partial charge on any atom is -0.480 e. The maximum atomic E-state index is 11.8. The van der Waals surface area contributed by atoms with E-state index in [1.807, 2.05) is 30.3 Å². The minimum atomic E-state index is -0.979. The molecule has 0 bridgehead atoms. The van der Waals surface area contributed by atoms with Gasteiger partial charge in [-0.05, 0) is 5.56 Å². The lowest BCUT2D eigenvalue weighted by atomic mass is 10.1. The van der Waals surface area contributed by atoms with Crippen LogP contribution in [0.15, 0.2) is 42.5 Å². The quantitative estimate of drug-likeness (QED) is 0.800. The number of carbonyl (C=O) groups is 2. The van der Waals surface area contributed by atoms with Crippen molar-refractivity contribution in [2.24, 2.45) is 0 Å². The van der Waals surface area contributed by atoms with Crippen molar-refractivity contribution in [1.82, 2.24) is 4.90 Å². The molecule has 1 aliphatic heterocycles. The third-order valence-corrected chi connectivity index (χ3v) is 2.86. The molecule has 0 radical (unpaired) electrons. The lowest BCUT2D eigenvalue weighted by Crippen LogP contribution is -2.37. The molecule has 1 atom stereocenters. The average Bonchev–Trinajstić information content (AvgIpc) is 2.59. The predicted molar refractivity (Wildman–Crippen MR) is 62.2 cm³/mol. The molecule has 0 aliphatic carbocycles. The Morgan fingerprint density at radius 2 is 2.06 bits per heavy atom. The van der Waals surface area contributed by atoms with E-state index < -0.39 is 12.0 Å². The summed E-state index contributed by atoms with van der Waals surface area (Å²) < 4.78 is 0. The molecule has 1 aliphatic rings.